The highest BCUT2D eigenvalue weighted by Gasteiger charge is 2.16. The fourth-order valence-corrected chi connectivity index (χ4v) is 2.44. The Kier molecular flexibility index (Phi) is 3.65. The molecule has 88 valence electrons. The van der Waals surface area contributed by atoms with Crippen LogP contribution in [0.4, 0.5) is 0 Å². The van der Waals surface area contributed by atoms with Gasteiger partial charge in [-0.25, -0.2) is 0 Å². The van der Waals surface area contributed by atoms with Crippen molar-refractivity contribution < 1.29 is 0 Å². The summed E-state index contributed by atoms with van der Waals surface area (Å²) >= 11 is 0. The van der Waals surface area contributed by atoms with Gasteiger partial charge in [0.05, 0.1) is 0 Å². The zero-order chi connectivity index (χ0) is 11.5. The van der Waals surface area contributed by atoms with Gasteiger partial charge >= 0.3 is 0 Å². The first-order valence-corrected chi connectivity index (χ1v) is 6.44. The molecule has 1 fully saturated rings. The Hall–Kier alpha value is -0.820. The molecule has 1 aliphatic rings. The van der Waals surface area contributed by atoms with Crippen molar-refractivity contribution in [2.45, 2.75) is 40.2 Å². The van der Waals surface area contributed by atoms with Crippen molar-refractivity contribution in [3.05, 3.63) is 34.9 Å². The molecule has 0 spiro atoms. The largest absolute Gasteiger partial charge is 0.299 e. The lowest BCUT2D eigenvalue weighted by molar-refractivity contribution is 0.185. The summed E-state index contributed by atoms with van der Waals surface area (Å²) in [5, 5.41) is 0. The molecule has 0 atom stereocenters. The first-order valence-electron chi connectivity index (χ1n) is 6.44. The Morgan fingerprint density at radius 3 is 2.56 bits per heavy atom. The first kappa shape index (κ1) is 11.7. The molecule has 1 nitrogen and oxygen atoms in total. The van der Waals surface area contributed by atoms with Gasteiger partial charge in [-0.3, -0.25) is 4.90 Å². The highest BCUT2D eigenvalue weighted by Crippen LogP contribution is 2.20. The van der Waals surface area contributed by atoms with Gasteiger partial charge in [-0.15, -0.1) is 0 Å². The average molecular weight is 217 g/mol. The van der Waals surface area contributed by atoms with Crippen LogP contribution >= 0.6 is 0 Å². The van der Waals surface area contributed by atoms with E-state index < -0.39 is 0 Å². The van der Waals surface area contributed by atoms with Crippen LogP contribution in [0.2, 0.25) is 0 Å². The van der Waals surface area contributed by atoms with Gasteiger partial charge in [0.15, 0.2) is 0 Å². The summed E-state index contributed by atoms with van der Waals surface area (Å²) in [6.07, 6.45) is 2.73. The Balaban J connectivity index is 2.01. The number of hydrogen-bond acceptors (Lipinski definition) is 1. The highest BCUT2D eigenvalue weighted by atomic mass is 15.1. The second-order valence-electron chi connectivity index (χ2n) is 5.32. The molecule has 0 aromatic heterocycles. The van der Waals surface area contributed by atoms with Gasteiger partial charge in [0, 0.05) is 6.54 Å². The molecule has 1 aromatic rings. The van der Waals surface area contributed by atoms with Gasteiger partial charge < -0.3 is 0 Å². The van der Waals surface area contributed by atoms with Crippen molar-refractivity contribution in [3.63, 3.8) is 0 Å². The van der Waals surface area contributed by atoms with Crippen LogP contribution in [0.1, 0.15) is 36.5 Å². The second kappa shape index (κ2) is 5.01. The number of nitrogens with zero attached hydrogens (tertiary/aromatic N) is 1. The molecule has 1 heteroatoms. The minimum atomic E-state index is 0.926. The van der Waals surface area contributed by atoms with E-state index in [1.54, 1.807) is 0 Å². The third kappa shape index (κ3) is 2.65. The molecule has 0 saturated carbocycles. The summed E-state index contributed by atoms with van der Waals surface area (Å²) in [6.45, 7) is 10.5. The number of aryl methyl sites for hydroxylation is 1. The fourth-order valence-electron chi connectivity index (χ4n) is 2.44. The van der Waals surface area contributed by atoms with Crippen molar-refractivity contribution in [2.75, 3.05) is 13.1 Å². The zero-order valence-electron chi connectivity index (χ0n) is 10.8. The molecular weight excluding hydrogens is 194 g/mol. The predicted octanol–water partition coefficient (Wildman–Crippen LogP) is 3.54. The van der Waals surface area contributed by atoms with Crippen LogP contribution in [0.25, 0.3) is 0 Å². The molecular formula is C15H23N. The van der Waals surface area contributed by atoms with Crippen LogP contribution in [0.15, 0.2) is 18.2 Å². The van der Waals surface area contributed by atoms with Crippen LogP contribution in [0.3, 0.4) is 0 Å². The van der Waals surface area contributed by atoms with Gasteiger partial charge in [-0.2, -0.15) is 0 Å². The molecule has 1 heterocycles. The summed E-state index contributed by atoms with van der Waals surface area (Å²) in [5.74, 6) is 0.926. The molecule has 16 heavy (non-hydrogen) atoms. The molecule has 0 radical (unpaired) electrons. The Bertz CT molecular complexity index is 348. The van der Waals surface area contributed by atoms with Crippen LogP contribution in [0, 0.1) is 19.8 Å². The molecule has 1 aliphatic heterocycles. The topological polar surface area (TPSA) is 3.24 Å². The summed E-state index contributed by atoms with van der Waals surface area (Å²) in [5.41, 5.74) is 4.40. The van der Waals surface area contributed by atoms with Crippen LogP contribution in [0.5, 0.6) is 0 Å². The van der Waals surface area contributed by atoms with Crippen LogP contribution in [-0.4, -0.2) is 18.0 Å². The van der Waals surface area contributed by atoms with E-state index in [0.717, 1.165) is 12.5 Å². The molecule has 0 unspecified atom stereocenters. The zero-order valence-corrected chi connectivity index (χ0v) is 10.8. The summed E-state index contributed by atoms with van der Waals surface area (Å²) < 4.78 is 0. The lowest BCUT2D eigenvalue weighted by atomic mass is 9.97. The van der Waals surface area contributed by atoms with E-state index >= 15 is 0 Å². The summed E-state index contributed by atoms with van der Waals surface area (Å²) in [6, 6.07) is 6.67. The standard InChI is InChI=1S/C15H23N/c1-12-7-9-16(10-8-12)11-15-6-4-5-13(2)14(15)3/h4-6,12H,7-11H2,1-3H3. The van der Waals surface area contributed by atoms with Gasteiger partial charge in [0.1, 0.15) is 0 Å². The van der Waals surface area contributed by atoms with E-state index in [1.807, 2.05) is 0 Å². The van der Waals surface area contributed by atoms with E-state index in [2.05, 4.69) is 43.9 Å². The summed E-state index contributed by atoms with van der Waals surface area (Å²) in [7, 11) is 0. The van der Waals surface area contributed by atoms with E-state index in [1.165, 1.54) is 42.6 Å². The quantitative estimate of drug-likeness (QED) is 0.732. The maximum absolute atomic E-state index is 2.60. The number of rotatable bonds is 2. The molecule has 1 aromatic carbocycles. The summed E-state index contributed by atoms with van der Waals surface area (Å²) in [4.78, 5) is 2.60. The van der Waals surface area contributed by atoms with E-state index in [0.29, 0.717) is 0 Å². The third-order valence-electron chi connectivity index (χ3n) is 3.99. The maximum atomic E-state index is 2.60. The predicted molar refractivity (Wildman–Crippen MR) is 69.6 cm³/mol. The normalized spacial score (nSPS) is 18.9. The average Bonchev–Trinajstić information content (AvgIpc) is 2.28. The van der Waals surface area contributed by atoms with Crippen molar-refractivity contribution in [3.8, 4) is 0 Å². The number of piperidine rings is 1. The molecule has 0 amide bonds. The Morgan fingerprint density at radius 1 is 1.19 bits per heavy atom. The van der Waals surface area contributed by atoms with E-state index in [9.17, 15) is 0 Å². The monoisotopic (exact) mass is 217 g/mol. The first-order chi connectivity index (χ1) is 7.66. The molecule has 0 aliphatic carbocycles. The molecule has 1 saturated heterocycles. The minimum Gasteiger partial charge on any atom is -0.299 e. The van der Waals surface area contributed by atoms with E-state index in [-0.39, 0.29) is 0 Å². The molecule has 0 N–H and O–H groups in total. The molecule has 2 rings (SSSR count). The smallest absolute Gasteiger partial charge is 0.0236 e. The van der Waals surface area contributed by atoms with Crippen molar-refractivity contribution in [2.24, 2.45) is 5.92 Å². The van der Waals surface area contributed by atoms with Crippen molar-refractivity contribution >= 4 is 0 Å². The Morgan fingerprint density at radius 2 is 1.88 bits per heavy atom. The van der Waals surface area contributed by atoms with Crippen molar-refractivity contribution in [1.82, 2.24) is 4.90 Å². The van der Waals surface area contributed by atoms with E-state index in [4.69, 9.17) is 0 Å². The van der Waals surface area contributed by atoms with Gasteiger partial charge in [0.2, 0.25) is 0 Å². The second-order valence-corrected chi connectivity index (χ2v) is 5.32. The minimum absolute atomic E-state index is 0.926. The van der Waals surface area contributed by atoms with Gasteiger partial charge in [-0.1, -0.05) is 25.1 Å². The van der Waals surface area contributed by atoms with Crippen LogP contribution < -0.4 is 0 Å². The highest BCUT2D eigenvalue weighted by molar-refractivity contribution is 5.32. The Labute approximate surface area is 99.5 Å². The van der Waals surface area contributed by atoms with Crippen LogP contribution in [-0.2, 0) is 6.54 Å². The lowest BCUT2D eigenvalue weighted by Gasteiger charge is -2.30. The van der Waals surface area contributed by atoms with Gasteiger partial charge in [0.25, 0.3) is 0 Å². The lowest BCUT2D eigenvalue weighted by Crippen LogP contribution is -2.32. The maximum Gasteiger partial charge on any atom is 0.0236 e. The molecule has 0 bridgehead atoms. The number of benzene rings is 1. The fraction of sp³-hybridized carbons (Fsp3) is 0.600. The van der Waals surface area contributed by atoms with Crippen molar-refractivity contribution in [1.29, 1.82) is 0 Å². The third-order valence-corrected chi connectivity index (χ3v) is 3.99. The SMILES string of the molecule is Cc1cccc(CN2CCC(C)CC2)c1C. The number of likely N-dealkylation sites (tertiary alicyclic amines) is 1. The van der Waals surface area contributed by atoms with Gasteiger partial charge in [-0.05, 0) is 62.4 Å². The number of hydrogen-bond donors (Lipinski definition) is 0.